The van der Waals surface area contributed by atoms with Crippen LogP contribution in [0, 0.1) is 5.92 Å². The number of aryl methyl sites for hydroxylation is 2. The first-order chi connectivity index (χ1) is 17.4. The van der Waals surface area contributed by atoms with Crippen LogP contribution in [0.25, 0.3) is 0 Å². The molecule has 2 aromatic rings. The third kappa shape index (κ3) is 10.4. The summed E-state index contributed by atoms with van der Waals surface area (Å²) in [5.74, 6) is 1.18. The van der Waals surface area contributed by atoms with Gasteiger partial charge >= 0.3 is 0 Å². The SMILES string of the molecule is C=C/C(=C\C=C/C)CC(=O)Nc1nnc(CCSCCc2nnc(NC(=O)C(NC=O)C(C)C)s2)s1. The number of carbonyl (C=O) groups excluding carboxylic acids is 3. The Morgan fingerprint density at radius 2 is 1.64 bits per heavy atom. The molecule has 13 heteroatoms. The van der Waals surface area contributed by atoms with E-state index in [0.717, 1.165) is 39.9 Å². The van der Waals surface area contributed by atoms with Crippen molar-refractivity contribution in [1.82, 2.24) is 25.7 Å². The Bertz CT molecular complexity index is 1080. The quantitative estimate of drug-likeness (QED) is 0.164. The van der Waals surface area contributed by atoms with E-state index >= 15 is 0 Å². The Hall–Kier alpha value is -2.90. The molecule has 10 nitrogen and oxygen atoms in total. The second-order valence-electron chi connectivity index (χ2n) is 7.81. The minimum absolute atomic E-state index is 0.0464. The highest BCUT2D eigenvalue weighted by Crippen LogP contribution is 2.20. The highest BCUT2D eigenvalue weighted by Gasteiger charge is 2.22. The Morgan fingerprint density at radius 1 is 1.03 bits per heavy atom. The molecule has 0 aliphatic carbocycles. The molecule has 1 unspecified atom stereocenters. The zero-order valence-electron chi connectivity index (χ0n) is 20.5. The fourth-order valence-corrected chi connectivity index (χ4v) is 5.46. The Kier molecular flexibility index (Phi) is 13.0. The summed E-state index contributed by atoms with van der Waals surface area (Å²) >= 11 is 4.45. The van der Waals surface area contributed by atoms with Crippen molar-refractivity contribution in [2.75, 3.05) is 22.1 Å². The van der Waals surface area contributed by atoms with Gasteiger partial charge in [-0.25, -0.2) is 0 Å². The number of carbonyl (C=O) groups is 3. The minimum Gasteiger partial charge on any atom is -0.347 e. The lowest BCUT2D eigenvalue weighted by Crippen LogP contribution is -2.43. The van der Waals surface area contributed by atoms with Gasteiger partial charge in [-0.05, 0) is 29.9 Å². The predicted octanol–water partition coefficient (Wildman–Crippen LogP) is 3.63. The van der Waals surface area contributed by atoms with Crippen LogP contribution in [0.5, 0.6) is 0 Å². The largest absolute Gasteiger partial charge is 0.347 e. The maximum absolute atomic E-state index is 12.3. The van der Waals surface area contributed by atoms with Crippen LogP contribution in [0.2, 0.25) is 0 Å². The van der Waals surface area contributed by atoms with E-state index in [1.807, 2.05) is 39.0 Å². The average molecular weight is 550 g/mol. The van der Waals surface area contributed by atoms with E-state index in [1.54, 1.807) is 17.8 Å². The first-order valence-electron chi connectivity index (χ1n) is 11.3. The van der Waals surface area contributed by atoms with Crippen LogP contribution in [0.15, 0.2) is 36.5 Å². The minimum atomic E-state index is -0.621. The Morgan fingerprint density at radius 3 is 2.17 bits per heavy atom. The van der Waals surface area contributed by atoms with Gasteiger partial charge < -0.3 is 10.6 Å². The number of aromatic nitrogens is 4. The van der Waals surface area contributed by atoms with Gasteiger partial charge in [0.1, 0.15) is 16.1 Å². The van der Waals surface area contributed by atoms with Crippen LogP contribution >= 0.6 is 34.4 Å². The molecule has 0 aliphatic rings. The summed E-state index contributed by atoms with van der Waals surface area (Å²) in [6.07, 6.45) is 9.49. The molecule has 3 N–H and O–H groups in total. The molecule has 0 radical (unpaired) electrons. The summed E-state index contributed by atoms with van der Waals surface area (Å²) in [6, 6.07) is -0.621. The van der Waals surface area contributed by atoms with Crippen molar-refractivity contribution in [3.63, 3.8) is 0 Å². The molecule has 36 heavy (non-hydrogen) atoms. The first kappa shape index (κ1) is 29.3. The number of hydrogen-bond acceptors (Lipinski definition) is 10. The lowest BCUT2D eigenvalue weighted by atomic mass is 10.0. The van der Waals surface area contributed by atoms with Gasteiger partial charge in [0.15, 0.2) is 0 Å². The van der Waals surface area contributed by atoms with Crippen molar-refractivity contribution in [2.45, 2.75) is 46.1 Å². The monoisotopic (exact) mass is 549 g/mol. The number of nitrogens with one attached hydrogen (secondary N) is 3. The molecule has 0 spiro atoms. The van der Waals surface area contributed by atoms with E-state index in [1.165, 1.54) is 22.7 Å². The number of amides is 3. The maximum atomic E-state index is 12.3. The fraction of sp³-hybridized carbons (Fsp3) is 0.435. The summed E-state index contributed by atoms with van der Waals surface area (Å²) in [5.41, 5.74) is 0.825. The van der Waals surface area contributed by atoms with Gasteiger partial charge in [0.05, 0.1) is 6.42 Å². The number of rotatable bonds is 16. The molecular formula is C23H31N7O3S3. The van der Waals surface area contributed by atoms with Gasteiger partial charge in [0.25, 0.3) is 0 Å². The van der Waals surface area contributed by atoms with E-state index < -0.39 is 6.04 Å². The van der Waals surface area contributed by atoms with Crippen LogP contribution in [0.4, 0.5) is 10.3 Å². The number of nitrogens with zero attached hydrogens (tertiary/aromatic N) is 4. The van der Waals surface area contributed by atoms with Crippen LogP contribution in [-0.2, 0) is 27.2 Å². The Balaban J connectivity index is 1.70. The zero-order chi connectivity index (χ0) is 26.3. The molecule has 194 valence electrons. The van der Waals surface area contributed by atoms with Crippen LogP contribution in [0.3, 0.4) is 0 Å². The molecule has 1 atom stereocenters. The highest BCUT2D eigenvalue weighted by atomic mass is 32.2. The van der Waals surface area contributed by atoms with Gasteiger partial charge in [-0.3, -0.25) is 19.7 Å². The van der Waals surface area contributed by atoms with Gasteiger partial charge in [0, 0.05) is 12.8 Å². The van der Waals surface area contributed by atoms with E-state index in [9.17, 15) is 14.4 Å². The molecule has 0 aromatic carbocycles. The number of allylic oxidation sites excluding steroid dienone is 4. The summed E-state index contributed by atoms with van der Waals surface area (Å²) in [6.45, 7) is 9.35. The first-order valence-corrected chi connectivity index (χ1v) is 14.1. The third-order valence-electron chi connectivity index (χ3n) is 4.66. The third-order valence-corrected chi connectivity index (χ3v) is 7.44. The van der Waals surface area contributed by atoms with E-state index in [0.29, 0.717) is 16.7 Å². The second-order valence-corrected chi connectivity index (χ2v) is 11.2. The van der Waals surface area contributed by atoms with Gasteiger partial charge in [-0.15, -0.1) is 20.4 Å². The topological polar surface area (TPSA) is 139 Å². The highest BCUT2D eigenvalue weighted by molar-refractivity contribution is 7.99. The maximum Gasteiger partial charge on any atom is 0.249 e. The Labute approximate surface area is 223 Å². The van der Waals surface area contributed by atoms with Crippen molar-refractivity contribution >= 4 is 62.9 Å². The van der Waals surface area contributed by atoms with Crippen molar-refractivity contribution < 1.29 is 14.4 Å². The number of thioether (sulfide) groups is 1. The lowest BCUT2D eigenvalue weighted by Gasteiger charge is -2.18. The van der Waals surface area contributed by atoms with Crippen molar-refractivity contribution in [1.29, 1.82) is 0 Å². The second kappa shape index (κ2) is 16.0. The molecule has 2 aromatic heterocycles. The van der Waals surface area contributed by atoms with Crippen molar-refractivity contribution in [3.05, 3.63) is 46.5 Å². The number of anilines is 2. The van der Waals surface area contributed by atoms with Crippen LogP contribution in [0.1, 0.15) is 37.2 Å². The standard InChI is InChI=1S/C23H31N7O3S3/c1-5-7-8-16(6-2)13-17(32)25-22-29-27-18(35-22)9-11-34-12-10-19-28-30-23(36-19)26-21(33)20(15(3)4)24-14-31/h5-8,14-15,20H,2,9-13H2,1,3-4H3,(H,24,31)(H,25,29,32)(H,26,30,33)/b7-5-,16-8+. The molecular weight excluding hydrogens is 519 g/mol. The van der Waals surface area contributed by atoms with Gasteiger partial charge in [-0.2, -0.15) is 11.8 Å². The molecule has 0 saturated carbocycles. The fourth-order valence-electron chi connectivity index (χ4n) is 2.83. The summed E-state index contributed by atoms with van der Waals surface area (Å²) in [4.78, 5) is 35.2. The van der Waals surface area contributed by atoms with E-state index in [2.05, 4.69) is 42.9 Å². The van der Waals surface area contributed by atoms with Crippen LogP contribution < -0.4 is 16.0 Å². The summed E-state index contributed by atoms with van der Waals surface area (Å²) in [7, 11) is 0. The normalized spacial score (nSPS) is 12.5. The molecule has 2 heterocycles. The van der Waals surface area contributed by atoms with E-state index in [4.69, 9.17) is 0 Å². The molecule has 0 aliphatic heterocycles. The van der Waals surface area contributed by atoms with Gasteiger partial charge in [-0.1, -0.05) is 67.4 Å². The smallest absolute Gasteiger partial charge is 0.249 e. The van der Waals surface area contributed by atoms with Crippen molar-refractivity contribution in [3.8, 4) is 0 Å². The molecule has 0 fully saturated rings. The molecule has 0 saturated heterocycles. The molecule has 2 rings (SSSR count). The summed E-state index contributed by atoms with van der Waals surface area (Å²) < 4.78 is 0. The lowest BCUT2D eigenvalue weighted by molar-refractivity contribution is -0.122. The van der Waals surface area contributed by atoms with Crippen LogP contribution in [-0.4, -0.2) is 56.2 Å². The predicted molar refractivity (Wildman–Crippen MR) is 147 cm³/mol. The zero-order valence-corrected chi connectivity index (χ0v) is 23.0. The van der Waals surface area contributed by atoms with E-state index in [-0.39, 0.29) is 24.2 Å². The van der Waals surface area contributed by atoms with Gasteiger partial charge in [0.2, 0.25) is 28.5 Å². The molecule has 0 bridgehead atoms. The number of hydrogen-bond donors (Lipinski definition) is 3. The average Bonchev–Trinajstić information content (AvgIpc) is 3.48. The molecule has 3 amide bonds. The van der Waals surface area contributed by atoms with Crippen molar-refractivity contribution in [2.24, 2.45) is 5.92 Å². The summed E-state index contributed by atoms with van der Waals surface area (Å²) in [5, 5.41) is 26.9.